The lowest BCUT2D eigenvalue weighted by Gasteiger charge is -2.39. The van der Waals surface area contributed by atoms with Crippen LogP contribution in [0.15, 0.2) is 78.9 Å². The smallest absolute Gasteiger partial charge is 0.319 e. The molecule has 2 amide bonds. The predicted octanol–water partition coefficient (Wildman–Crippen LogP) is 5.56. The first-order valence-electron chi connectivity index (χ1n) is 12.9. The molecule has 3 aromatic carbocycles. The van der Waals surface area contributed by atoms with E-state index < -0.39 is 6.29 Å². The highest BCUT2D eigenvalue weighted by Crippen LogP contribution is 2.39. The van der Waals surface area contributed by atoms with E-state index in [1.807, 2.05) is 61.5 Å². The van der Waals surface area contributed by atoms with Crippen LogP contribution in [0.25, 0.3) is 0 Å². The number of benzene rings is 3. The molecule has 7 nitrogen and oxygen atoms in total. The van der Waals surface area contributed by atoms with E-state index in [-0.39, 0.29) is 30.9 Å². The number of ether oxygens (including phenoxy) is 2. The summed E-state index contributed by atoms with van der Waals surface area (Å²) in [5.74, 6) is 0. The Kier molecular flexibility index (Phi) is 9.30. The van der Waals surface area contributed by atoms with Gasteiger partial charge in [-0.15, -0.1) is 0 Å². The zero-order valence-corrected chi connectivity index (χ0v) is 21.8. The molecule has 4 rings (SSSR count). The van der Waals surface area contributed by atoms with Crippen molar-refractivity contribution in [1.82, 2.24) is 10.2 Å². The van der Waals surface area contributed by atoms with E-state index in [2.05, 4.69) is 53.8 Å². The van der Waals surface area contributed by atoms with Crippen LogP contribution in [0.4, 0.5) is 10.5 Å². The number of nitrogens with zero attached hydrogens (tertiary/aromatic N) is 1. The van der Waals surface area contributed by atoms with Crippen LogP contribution in [0.5, 0.6) is 0 Å². The highest BCUT2D eigenvalue weighted by atomic mass is 16.7. The molecular formula is C30H37N3O4. The number of hydrogen-bond donors (Lipinski definition) is 3. The van der Waals surface area contributed by atoms with E-state index in [4.69, 9.17) is 9.47 Å². The maximum absolute atomic E-state index is 12.0. The summed E-state index contributed by atoms with van der Waals surface area (Å²) in [5, 5.41) is 15.1. The van der Waals surface area contributed by atoms with Crippen molar-refractivity contribution in [3.05, 3.63) is 101 Å². The Morgan fingerprint density at radius 1 is 1.03 bits per heavy atom. The van der Waals surface area contributed by atoms with Gasteiger partial charge in [0.05, 0.1) is 18.8 Å². The van der Waals surface area contributed by atoms with Crippen LogP contribution in [-0.4, -0.2) is 42.3 Å². The molecule has 1 heterocycles. The Bertz CT molecular complexity index is 1140. The fourth-order valence-electron chi connectivity index (χ4n) is 4.60. The SMILES string of the molecule is CCNC(=O)Nc1cccc([C@H]2O[C@@H](CN(C)[C@@H](C)c3ccccc3)C[C@@H](c3ccc(CO)cc3)O2)c1. The summed E-state index contributed by atoms with van der Waals surface area (Å²) in [6, 6.07) is 25.9. The van der Waals surface area contributed by atoms with Gasteiger partial charge in [0.1, 0.15) is 0 Å². The summed E-state index contributed by atoms with van der Waals surface area (Å²) in [4.78, 5) is 14.3. The average Bonchev–Trinajstić information content (AvgIpc) is 2.93. The van der Waals surface area contributed by atoms with Crippen LogP contribution in [0, 0.1) is 0 Å². The molecule has 0 unspecified atom stereocenters. The fraction of sp³-hybridized carbons (Fsp3) is 0.367. The number of aliphatic hydroxyl groups excluding tert-OH is 1. The lowest BCUT2D eigenvalue weighted by atomic mass is 9.99. The number of anilines is 1. The zero-order chi connectivity index (χ0) is 26.2. The standard InChI is InChI=1S/C30H37N3O4/c1-4-31-30(35)32-26-12-8-11-25(17-26)29-36-27(19-33(3)21(2)23-9-6-5-7-10-23)18-28(37-29)24-15-13-22(20-34)14-16-24/h5-17,21,27-29,34H,4,18-20H2,1-3H3,(H2,31,32,35)/t21-,27+,28-,29-/m0/s1. The van der Waals surface area contributed by atoms with Crippen molar-refractivity contribution in [3.8, 4) is 0 Å². The predicted molar refractivity (Wildman–Crippen MR) is 145 cm³/mol. The second-order valence-corrected chi connectivity index (χ2v) is 9.49. The molecule has 1 saturated heterocycles. The Hall–Kier alpha value is -3.23. The van der Waals surface area contributed by atoms with Crippen molar-refractivity contribution in [2.75, 3.05) is 25.5 Å². The molecule has 7 heteroatoms. The largest absolute Gasteiger partial charge is 0.392 e. The number of carbonyl (C=O) groups excluding carboxylic acids is 1. The van der Waals surface area contributed by atoms with Crippen molar-refractivity contribution in [2.24, 2.45) is 0 Å². The molecule has 1 aliphatic rings. The minimum absolute atomic E-state index is 0.00767. The van der Waals surface area contributed by atoms with Crippen LogP contribution in [0.1, 0.15) is 61.0 Å². The number of likely N-dealkylation sites (N-methyl/N-ethyl adjacent to an activating group) is 1. The molecule has 0 saturated carbocycles. The molecule has 1 aliphatic heterocycles. The van der Waals surface area contributed by atoms with E-state index >= 15 is 0 Å². The molecule has 1 fully saturated rings. The van der Waals surface area contributed by atoms with Crippen molar-refractivity contribution >= 4 is 11.7 Å². The minimum atomic E-state index is -0.585. The Labute approximate surface area is 219 Å². The summed E-state index contributed by atoms with van der Waals surface area (Å²) in [6.45, 7) is 5.37. The number of aliphatic hydroxyl groups is 1. The summed E-state index contributed by atoms with van der Waals surface area (Å²) in [6.07, 6.45) is -0.121. The van der Waals surface area contributed by atoms with E-state index in [1.165, 1.54) is 5.56 Å². The third-order valence-electron chi connectivity index (χ3n) is 6.80. The van der Waals surface area contributed by atoms with Crippen molar-refractivity contribution in [2.45, 2.75) is 51.4 Å². The van der Waals surface area contributed by atoms with E-state index in [0.29, 0.717) is 18.7 Å². The molecule has 3 aromatic rings. The van der Waals surface area contributed by atoms with Crippen molar-refractivity contribution in [1.29, 1.82) is 0 Å². The molecular weight excluding hydrogens is 466 g/mol. The van der Waals surface area contributed by atoms with Gasteiger partial charge in [-0.3, -0.25) is 4.90 Å². The van der Waals surface area contributed by atoms with Gasteiger partial charge in [-0.1, -0.05) is 66.7 Å². The average molecular weight is 504 g/mol. The monoisotopic (exact) mass is 503 g/mol. The summed E-state index contributed by atoms with van der Waals surface area (Å²) in [5.41, 5.74) is 4.69. The van der Waals surface area contributed by atoms with Crippen molar-refractivity contribution < 1.29 is 19.4 Å². The quantitative estimate of drug-likeness (QED) is 0.356. The third kappa shape index (κ3) is 7.17. The first kappa shape index (κ1) is 26.8. The second kappa shape index (κ2) is 12.8. The normalized spacial score (nSPS) is 20.4. The Balaban J connectivity index is 1.55. The third-order valence-corrected chi connectivity index (χ3v) is 6.80. The fourth-order valence-corrected chi connectivity index (χ4v) is 4.60. The van der Waals surface area contributed by atoms with E-state index in [1.54, 1.807) is 0 Å². The van der Waals surface area contributed by atoms with Gasteiger partial charge in [-0.05, 0) is 49.7 Å². The minimum Gasteiger partial charge on any atom is -0.392 e. The number of urea groups is 1. The lowest BCUT2D eigenvalue weighted by molar-refractivity contribution is -0.253. The van der Waals surface area contributed by atoms with Gasteiger partial charge < -0.3 is 25.2 Å². The number of amides is 2. The Morgan fingerprint density at radius 2 is 1.78 bits per heavy atom. The van der Waals surface area contributed by atoms with Crippen LogP contribution < -0.4 is 10.6 Å². The molecule has 0 aromatic heterocycles. The number of nitrogens with one attached hydrogen (secondary N) is 2. The summed E-state index contributed by atoms with van der Waals surface area (Å²) >= 11 is 0. The van der Waals surface area contributed by atoms with E-state index in [9.17, 15) is 9.90 Å². The van der Waals surface area contributed by atoms with E-state index in [0.717, 1.165) is 23.2 Å². The van der Waals surface area contributed by atoms with Gasteiger partial charge in [0.25, 0.3) is 0 Å². The van der Waals surface area contributed by atoms with Crippen LogP contribution in [-0.2, 0) is 16.1 Å². The lowest BCUT2D eigenvalue weighted by Crippen LogP contribution is -2.38. The van der Waals surface area contributed by atoms with Crippen molar-refractivity contribution in [3.63, 3.8) is 0 Å². The van der Waals surface area contributed by atoms with Gasteiger partial charge in [-0.25, -0.2) is 4.79 Å². The molecule has 0 radical (unpaired) electrons. The number of hydrogen-bond acceptors (Lipinski definition) is 5. The topological polar surface area (TPSA) is 83.1 Å². The highest BCUT2D eigenvalue weighted by Gasteiger charge is 2.33. The first-order chi connectivity index (χ1) is 18.0. The number of rotatable bonds is 9. The molecule has 0 aliphatic carbocycles. The maximum atomic E-state index is 12.0. The van der Waals surface area contributed by atoms with Crippen LogP contribution in [0.2, 0.25) is 0 Å². The van der Waals surface area contributed by atoms with Gasteiger partial charge in [0.15, 0.2) is 6.29 Å². The molecule has 3 N–H and O–H groups in total. The molecule has 4 atom stereocenters. The van der Waals surface area contributed by atoms with Crippen LogP contribution >= 0.6 is 0 Å². The molecule has 196 valence electrons. The molecule has 37 heavy (non-hydrogen) atoms. The van der Waals surface area contributed by atoms with Gasteiger partial charge >= 0.3 is 6.03 Å². The number of carbonyl (C=O) groups is 1. The Morgan fingerprint density at radius 3 is 2.49 bits per heavy atom. The summed E-state index contributed by atoms with van der Waals surface area (Å²) in [7, 11) is 2.12. The first-order valence-corrected chi connectivity index (χ1v) is 12.9. The summed E-state index contributed by atoms with van der Waals surface area (Å²) < 4.78 is 13.0. The molecule has 0 spiro atoms. The van der Waals surface area contributed by atoms with Crippen LogP contribution in [0.3, 0.4) is 0 Å². The van der Waals surface area contributed by atoms with Gasteiger partial charge in [-0.2, -0.15) is 0 Å². The maximum Gasteiger partial charge on any atom is 0.319 e. The zero-order valence-electron chi connectivity index (χ0n) is 21.8. The van der Waals surface area contributed by atoms with Gasteiger partial charge in [0.2, 0.25) is 0 Å². The van der Waals surface area contributed by atoms with Gasteiger partial charge in [0, 0.05) is 36.8 Å². The molecule has 0 bridgehead atoms. The highest BCUT2D eigenvalue weighted by molar-refractivity contribution is 5.89. The second-order valence-electron chi connectivity index (χ2n) is 9.49.